The number of nitrogens with zero attached hydrogens (tertiary/aromatic N) is 1. The maximum Gasteiger partial charge on any atom is 0.239 e. The molecule has 0 bridgehead atoms. The average Bonchev–Trinajstić information content (AvgIpc) is 2.99. The van der Waals surface area contributed by atoms with Gasteiger partial charge in [-0.2, -0.15) is 0 Å². The monoisotopic (exact) mass is 340 g/mol. The number of carbonyl (C=O) groups excluding carboxylic acids is 1. The number of hydrogen-bond acceptors (Lipinski definition) is 3. The van der Waals surface area contributed by atoms with Crippen molar-refractivity contribution in [3.05, 3.63) is 28.2 Å². The summed E-state index contributed by atoms with van der Waals surface area (Å²) in [5.41, 5.74) is 1.09. The van der Waals surface area contributed by atoms with Gasteiger partial charge in [0.15, 0.2) is 0 Å². The number of nitrogens with one attached hydrogen (secondary N) is 1. The molecule has 110 valence electrons. The van der Waals surface area contributed by atoms with Crippen LogP contribution in [0.3, 0.4) is 0 Å². The maximum absolute atomic E-state index is 12.2. The lowest BCUT2D eigenvalue weighted by atomic mass is 10.2. The molecule has 5 heteroatoms. The first-order chi connectivity index (χ1) is 9.61. The standard InChI is InChI=1S/C15H21BrN2O2/c1-11(15(19)18-7-3-4-8-18)17-10-12-9-13(20-2)5-6-14(12)16/h5-6,9,11,17H,3-4,7-8,10H2,1-2H3. The van der Waals surface area contributed by atoms with Gasteiger partial charge in [-0.3, -0.25) is 4.79 Å². The van der Waals surface area contributed by atoms with Gasteiger partial charge >= 0.3 is 0 Å². The summed E-state index contributed by atoms with van der Waals surface area (Å²) in [6.07, 6.45) is 2.25. The molecule has 1 amide bonds. The van der Waals surface area contributed by atoms with Gasteiger partial charge in [0.1, 0.15) is 5.75 Å². The lowest BCUT2D eigenvalue weighted by molar-refractivity contribution is -0.131. The molecule has 20 heavy (non-hydrogen) atoms. The molecule has 2 rings (SSSR count). The summed E-state index contributed by atoms with van der Waals surface area (Å²) in [6, 6.07) is 5.69. The van der Waals surface area contributed by atoms with E-state index < -0.39 is 0 Å². The number of rotatable bonds is 5. The van der Waals surface area contributed by atoms with E-state index in [1.807, 2.05) is 30.0 Å². The molecule has 0 saturated carbocycles. The number of carbonyl (C=O) groups is 1. The highest BCUT2D eigenvalue weighted by Gasteiger charge is 2.22. The summed E-state index contributed by atoms with van der Waals surface area (Å²) in [5.74, 6) is 1.02. The van der Waals surface area contributed by atoms with Gasteiger partial charge in [0.25, 0.3) is 0 Å². The van der Waals surface area contributed by atoms with Crippen LogP contribution in [0.5, 0.6) is 5.75 Å². The molecule has 1 heterocycles. The molecule has 1 unspecified atom stereocenters. The Hall–Kier alpha value is -1.07. The molecular weight excluding hydrogens is 320 g/mol. The summed E-state index contributed by atoms with van der Waals surface area (Å²) >= 11 is 3.52. The van der Waals surface area contributed by atoms with Crippen LogP contribution in [0, 0.1) is 0 Å². The van der Waals surface area contributed by atoms with Gasteiger partial charge in [0.05, 0.1) is 13.2 Å². The Bertz CT molecular complexity index is 473. The third-order valence-electron chi connectivity index (χ3n) is 3.64. The second kappa shape index (κ2) is 7.09. The smallest absolute Gasteiger partial charge is 0.239 e. The van der Waals surface area contributed by atoms with E-state index in [1.54, 1.807) is 7.11 Å². The lowest BCUT2D eigenvalue weighted by Gasteiger charge is -2.21. The predicted octanol–water partition coefficient (Wildman–Crippen LogP) is 2.56. The molecule has 1 saturated heterocycles. The third kappa shape index (κ3) is 3.73. The van der Waals surface area contributed by atoms with Crippen molar-refractivity contribution in [3.8, 4) is 5.75 Å². The van der Waals surface area contributed by atoms with E-state index in [1.165, 1.54) is 0 Å². The number of ether oxygens (including phenoxy) is 1. The number of methoxy groups -OCH3 is 1. The van der Waals surface area contributed by atoms with Crippen LogP contribution in [0.25, 0.3) is 0 Å². The first-order valence-corrected chi connectivity index (χ1v) is 7.75. The van der Waals surface area contributed by atoms with Crippen molar-refractivity contribution in [2.75, 3.05) is 20.2 Å². The van der Waals surface area contributed by atoms with E-state index in [9.17, 15) is 4.79 Å². The highest BCUT2D eigenvalue weighted by Crippen LogP contribution is 2.22. The second-order valence-corrected chi connectivity index (χ2v) is 5.95. The van der Waals surface area contributed by atoms with Gasteiger partial charge in [-0.05, 0) is 43.5 Å². The van der Waals surface area contributed by atoms with Crippen LogP contribution in [0.2, 0.25) is 0 Å². The zero-order chi connectivity index (χ0) is 14.5. The minimum atomic E-state index is -0.161. The van der Waals surface area contributed by atoms with Crippen molar-refractivity contribution < 1.29 is 9.53 Å². The zero-order valence-corrected chi connectivity index (χ0v) is 13.6. The van der Waals surface area contributed by atoms with E-state index in [0.717, 1.165) is 41.7 Å². The van der Waals surface area contributed by atoms with Crippen molar-refractivity contribution in [2.24, 2.45) is 0 Å². The molecule has 0 aromatic heterocycles. The van der Waals surface area contributed by atoms with E-state index in [-0.39, 0.29) is 11.9 Å². The van der Waals surface area contributed by atoms with Crippen LogP contribution in [0.1, 0.15) is 25.3 Å². The number of amides is 1. The minimum Gasteiger partial charge on any atom is -0.497 e. The Balaban J connectivity index is 1.92. The zero-order valence-electron chi connectivity index (χ0n) is 12.0. The van der Waals surface area contributed by atoms with E-state index in [2.05, 4.69) is 21.2 Å². The van der Waals surface area contributed by atoms with Gasteiger partial charge in [0, 0.05) is 24.1 Å². The maximum atomic E-state index is 12.2. The summed E-state index contributed by atoms with van der Waals surface area (Å²) in [4.78, 5) is 14.1. The molecule has 1 aliphatic rings. The SMILES string of the molecule is COc1ccc(Br)c(CNC(C)C(=O)N2CCCC2)c1. The van der Waals surface area contributed by atoms with E-state index >= 15 is 0 Å². The van der Waals surface area contributed by atoms with Gasteiger partial charge in [-0.15, -0.1) is 0 Å². The fourth-order valence-electron chi connectivity index (χ4n) is 2.38. The van der Waals surface area contributed by atoms with Crippen LogP contribution in [-0.2, 0) is 11.3 Å². The average molecular weight is 341 g/mol. The number of hydrogen-bond donors (Lipinski definition) is 1. The Morgan fingerprint density at radius 1 is 1.45 bits per heavy atom. The minimum absolute atomic E-state index is 0.161. The van der Waals surface area contributed by atoms with Crippen LogP contribution < -0.4 is 10.1 Å². The third-order valence-corrected chi connectivity index (χ3v) is 4.41. The fourth-order valence-corrected chi connectivity index (χ4v) is 2.76. The molecule has 0 spiro atoms. The summed E-state index contributed by atoms with van der Waals surface area (Å²) in [7, 11) is 1.65. The van der Waals surface area contributed by atoms with Crippen LogP contribution in [-0.4, -0.2) is 37.0 Å². The highest BCUT2D eigenvalue weighted by molar-refractivity contribution is 9.10. The molecule has 0 aliphatic carbocycles. The molecule has 1 atom stereocenters. The highest BCUT2D eigenvalue weighted by atomic mass is 79.9. The van der Waals surface area contributed by atoms with Gasteiger partial charge in [0.2, 0.25) is 5.91 Å². The van der Waals surface area contributed by atoms with Crippen molar-refractivity contribution in [1.82, 2.24) is 10.2 Å². The topological polar surface area (TPSA) is 41.6 Å². The molecule has 1 aromatic rings. The Kier molecular flexibility index (Phi) is 5.43. The Morgan fingerprint density at radius 2 is 2.15 bits per heavy atom. The summed E-state index contributed by atoms with van der Waals surface area (Å²) in [5, 5.41) is 3.29. The Morgan fingerprint density at radius 3 is 2.80 bits per heavy atom. The van der Waals surface area contributed by atoms with Crippen molar-refractivity contribution in [3.63, 3.8) is 0 Å². The van der Waals surface area contributed by atoms with Gasteiger partial charge < -0.3 is 15.0 Å². The first-order valence-electron chi connectivity index (χ1n) is 6.96. The number of likely N-dealkylation sites (tertiary alicyclic amines) is 1. The van der Waals surface area contributed by atoms with Crippen LogP contribution in [0.4, 0.5) is 0 Å². The van der Waals surface area contributed by atoms with Crippen LogP contribution in [0.15, 0.2) is 22.7 Å². The molecule has 1 aromatic carbocycles. The van der Waals surface area contributed by atoms with E-state index in [0.29, 0.717) is 6.54 Å². The quantitative estimate of drug-likeness (QED) is 0.895. The van der Waals surface area contributed by atoms with Crippen molar-refractivity contribution in [2.45, 2.75) is 32.4 Å². The molecule has 1 N–H and O–H groups in total. The fraction of sp³-hybridized carbons (Fsp3) is 0.533. The molecule has 1 fully saturated rings. The molecule has 1 aliphatic heterocycles. The van der Waals surface area contributed by atoms with Crippen molar-refractivity contribution >= 4 is 21.8 Å². The van der Waals surface area contributed by atoms with Gasteiger partial charge in [-0.25, -0.2) is 0 Å². The van der Waals surface area contributed by atoms with E-state index in [4.69, 9.17) is 4.74 Å². The Labute approximate surface area is 128 Å². The lowest BCUT2D eigenvalue weighted by Crippen LogP contribution is -2.43. The predicted molar refractivity (Wildman–Crippen MR) is 82.8 cm³/mol. The summed E-state index contributed by atoms with van der Waals surface area (Å²) < 4.78 is 6.24. The summed E-state index contributed by atoms with van der Waals surface area (Å²) in [6.45, 7) is 4.36. The van der Waals surface area contributed by atoms with Gasteiger partial charge in [-0.1, -0.05) is 15.9 Å². The first kappa shape index (κ1) is 15.3. The van der Waals surface area contributed by atoms with Crippen molar-refractivity contribution in [1.29, 1.82) is 0 Å². The number of benzene rings is 1. The second-order valence-electron chi connectivity index (χ2n) is 5.09. The van der Waals surface area contributed by atoms with Crippen LogP contribution >= 0.6 is 15.9 Å². The molecule has 4 nitrogen and oxygen atoms in total. The number of halogens is 1. The normalized spacial score (nSPS) is 16.2. The molecular formula is C15H21BrN2O2. The molecule has 0 radical (unpaired) electrons. The largest absolute Gasteiger partial charge is 0.497 e.